The van der Waals surface area contributed by atoms with Gasteiger partial charge < -0.3 is 10.4 Å². The fraction of sp³-hybridized carbons (Fsp3) is 0.400. The second-order valence-electron chi connectivity index (χ2n) is 12.0. The van der Waals surface area contributed by atoms with Crippen LogP contribution in [0.1, 0.15) is 70.4 Å². The Bertz CT molecular complexity index is 1310. The van der Waals surface area contributed by atoms with E-state index in [1.807, 2.05) is 31.2 Å². The third-order valence-corrected chi connectivity index (χ3v) is 7.36. The maximum Gasteiger partial charge on any atom is 0.162 e. The molecule has 0 radical (unpaired) electrons. The molecule has 2 N–H and O–H groups in total. The molecule has 2 aromatic rings. The Hall–Kier alpha value is -3.54. The number of ketones is 2. The fourth-order valence-corrected chi connectivity index (χ4v) is 5.76. The summed E-state index contributed by atoms with van der Waals surface area (Å²) < 4.78 is 0. The summed E-state index contributed by atoms with van der Waals surface area (Å²) >= 11 is 0. The maximum atomic E-state index is 13.5. The first-order chi connectivity index (χ1) is 16.9. The minimum atomic E-state index is -0.613. The third-order valence-electron chi connectivity index (χ3n) is 7.36. The van der Waals surface area contributed by atoms with E-state index in [0.717, 1.165) is 22.6 Å². The standard InChI is InChI=1S/C30H33N3O3/c1-17-6-8-18(9-7-17)32-33-19-10-11-23(34)20(12-19)26-27-21(13-29(2,3)15-24(27)35)31-22-14-30(4,5)16-25(36)28(22)26/h6-12,26,31,34H,13-16H2,1-5H3. The molecule has 2 aliphatic carbocycles. The topological polar surface area (TPSA) is 91.1 Å². The number of allylic oxidation sites excluding steroid dienone is 4. The second kappa shape index (κ2) is 8.54. The minimum absolute atomic E-state index is 0.0222. The van der Waals surface area contributed by atoms with Gasteiger partial charge in [-0.2, -0.15) is 10.2 Å². The molecule has 6 nitrogen and oxygen atoms in total. The van der Waals surface area contributed by atoms with Crippen molar-refractivity contribution in [2.45, 2.75) is 66.2 Å². The molecule has 1 heterocycles. The summed E-state index contributed by atoms with van der Waals surface area (Å²) in [5.74, 6) is -0.522. The van der Waals surface area contributed by atoms with E-state index >= 15 is 0 Å². The average molecular weight is 484 g/mol. The maximum absolute atomic E-state index is 13.5. The molecule has 0 spiro atoms. The second-order valence-corrected chi connectivity index (χ2v) is 12.0. The number of phenolic OH excluding ortho intramolecular Hbond substituents is 1. The summed E-state index contributed by atoms with van der Waals surface area (Å²) in [6.45, 7) is 10.4. The van der Waals surface area contributed by atoms with Crippen LogP contribution >= 0.6 is 0 Å². The van der Waals surface area contributed by atoms with Gasteiger partial charge in [0, 0.05) is 46.9 Å². The number of carbonyl (C=O) groups excluding carboxylic acids is 2. The molecule has 0 fully saturated rings. The van der Waals surface area contributed by atoms with E-state index in [1.165, 1.54) is 0 Å². The van der Waals surface area contributed by atoms with E-state index in [-0.39, 0.29) is 28.1 Å². The van der Waals surface area contributed by atoms with Gasteiger partial charge in [0.15, 0.2) is 11.6 Å². The summed E-state index contributed by atoms with van der Waals surface area (Å²) in [4.78, 5) is 27.0. The molecule has 3 aliphatic rings. The molecule has 2 aromatic carbocycles. The van der Waals surface area contributed by atoms with Crippen molar-refractivity contribution in [3.05, 3.63) is 76.1 Å². The number of aromatic hydroxyl groups is 1. The predicted octanol–water partition coefficient (Wildman–Crippen LogP) is 7.09. The van der Waals surface area contributed by atoms with E-state index < -0.39 is 5.92 Å². The Morgan fingerprint density at radius 2 is 1.28 bits per heavy atom. The van der Waals surface area contributed by atoms with Crippen molar-refractivity contribution in [1.29, 1.82) is 0 Å². The smallest absolute Gasteiger partial charge is 0.162 e. The number of carbonyl (C=O) groups is 2. The summed E-state index contributed by atoms with van der Waals surface area (Å²) in [7, 11) is 0. The quantitative estimate of drug-likeness (QED) is 0.456. The summed E-state index contributed by atoms with van der Waals surface area (Å²) in [6.07, 6.45) is 2.23. The van der Waals surface area contributed by atoms with Crippen LogP contribution < -0.4 is 5.32 Å². The average Bonchev–Trinajstić information content (AvgIpc) is 2.76. The van der Waals surface area contributed by atoms with Gasteiger partial charge in [-0.1, -0.05) is 45.4 Å². The molecule has 5 rings (SSSR count). The zero-order valence-corrected chi connectivity index (χ0v) is 21.6. The molecule has 0 amide bonds. The number of phenols is 1. The molecule has 36 heavy (non-hydrogen) atoms. The van der Waals surface area contributed by atoms with Crippen LogP contribution in [-0.2, 0) is 9.59 Å². The highest BCUT2D eigenvalue weighted by atomic mass is 16.3. The Morgan fingerprint density at radius 1 is 0.778 bits per heavy atom. The SMILES string of the molecule is Cc1ccc(N=Nc2ccc(O)c(C3C4=C(CC(C)(C)CC4=O)NC4=C3C(=O)CC(C)(C)C4)c2)cc1. The summed E-state index contributed by atoms with van der Waals surface area (Å²) in [5, 5.41) is 23.2. The van der Waals surface area contributed by atoms with Crippen LogP contribution in [0.4, 0.5) is 11.4 Å². The minimum Gasteiger partial charge on any atom is -0.508 e. The highest BCUT2D eigenvalue weighted by Crippen LogP contribution is 2.52. The molecule has 186 valence electrons. The third kappa shape index (κ3) is 4.52. The van der Waals surface area contributed by atoms with Gasteiger partial charge in [0.25, 0.3) is 0 Å². The number of hydrogen-bond donors (Lipinski definition) is 2. The lowest BCUT2D eigenvalue weighted by Crippen LogP contribution is -2.42. The van der Waals surface area contributed by atoms with Crippen LogP contribution in [0.5, 0.6) is 5.75 Å². The first-order valence-electron chi connectivity index (χ1n) is 12.5. The number of dihydropyridines is 1. The van der Waals surface area contributed by atoms with Crippen LogP contribution in [0, 0.1) is 17.8 Å². The van der Waals surface area contributed by atoms with E-state index in [0.29, 0.717) is 48.1 Å². The molecular weight excluding hydrogens is 450 g/mol. The number of rotatable bonds is 3. The van der Waals surface area contributed by atoms with Crippen molar-refractivity contribution in [2.75, 3.05) is 0 Å². The number of aryl methyl sites for hydroxylation is 1. The van der Waals surface area contributed by atoms with Crippen LogP contribution in [0.2, 0.25) is 0 Å². The molecule has 1 aliphatic heterocycles. The predicted molar refractivity (Wildman–Crippen MR) is 139 cm³/mol. The largest absolute Gasteiger partial charge is 0.508 e. The van der Waals surface area contributed by atoms with Crippen LogP contribution in [-0.4, -0.2) is 16.7 Å². The van der Waals surface area contributed by atoms with Gasteiger partial charge in [-0.3, -0.25) is 9.59 Å². The molecular formula is C30H33N3O3. The number of azo groups is 1. The normalized spacial score (nSPS) is 21.5. The van der Waals surface area contributed by atoms with Crippen LogP contribution in [0.3, 0.4) is 0 Å². The Kier molecular flexibility index (Phi) is 5.73. The van der Waals surface area contributed by atoms with E-state index in [4.69, 9.17) is 0 Å². The van der Waals surface area contributed by atoms with Gasteiger partial charge in [0.2, 0.25) is 0 Å². The van der Waals surface area contributed by atoms with Crippen molar-refractivity contribution in [3.63, 3.8) is 0 Å². The number of nitrogens with zero attached hydrogens (tertiary/aromatic N) is 2. The highest BCUT2D eigenvalue weighted by molar-refractivity contribution is 6.07. The lowest BCUT2D eigenvalue weighted by atomic mass is 9.64. The van der Waals surface area contributed by atoms with Crippen molar-refractivity contribution in [3.8, 4) is 5.75 Å². The van der Waals surface area contributed by atoms with Crippen LogP contribution in [0.25, 0.3) is 0 Å². The van der Waals surface area contributed by atoms with Crippen molar-refractivity contribution >= 4 is 22.9 Å². The molecule has 0 bridgehead atoms. The van der Waals surface area contributed by atoms with Gasteiger partial charge in [0.05, 0.1) is 11.4 Å². The molecule has 0 unspecified atom stereocenters. The highest BCUT2D eigenvalue weighted by Gasteiger charge is 2.47. The Balaban J connectivity index is 1.63. The number of Topliss-reactive ketones (excluding diaryl/α,β-unsaturated/α-hetero) is 2. The monoisotopic (exact) mass is 483 g/mol. The summed E-state index contributed by atoms with van der Waals surface area (Å²) in [6, 6.07) is 12.8. The van der Waals surface area contributed by atoms with Crippen molar-refractivity contribution < 1.29 is 14.7 Å². The molecule has 6 heteroatoms. The lowest BCUT2D eigenvalue weighted by Gasteiger charge is -2.44. The van der Waals surface area contributed by atoms with E-state index in [1.54, 1.807) is 18.2 Å². The van der Waals surface area contributed by atoms with Crippen LogP contribution in [0.15, 0.2) is 75.2 Å². The van der Waals surface area contributed by atoms with Gasteiger partial charge in [-0.25, -0.2) is 0 Å². The lowest BCUT2D eigenvalue weighted by molar-refractivity contribution is -0.119. The zero-order chi connectivity index (χ0) is 25.8. The molecule has 0 saturated carbocycles. The van der Waals surface area contributed by atoms with Gasteiger partial charge in [-0.05, 0) is 60.9 Å². The number of hydrogen-bond acceptors (Lipinski definition) is 6. The van der Waals surface area contributed by atoms with Gasteiger partial charge in [0.1, 0.15) is 5.75 Å². The molecule has 0 aromatic heterocycles. The molecule has 0 atom stereocenters. The van der Waals surface area contributed by atoms with Gasteiger partial charge in [-0.15, -0.1) is 0 Å². The van der Waals surface area contributed by atoms with Crippen molar-refractivity contribution in [1.82, 2.24) is 5.32 Å². The fourth-order valence-electron chi connectivity index (χ4n) is 5.76. The number of nitrogens with one attached hydrogen (secondary N) is 1. The first kappa shape index (κ1) is 24.2. The Labute approximate surface area is 212 Å². The Morgan fingerprint density at radius 3 is 1.83 bits per heavy atom. The van der Waals surface area contributed by atoms with E-state index in [9.17, 15) is 14.7 Å². The first-order valence-corrected chi connectivity index (χ1v) is 12.5. The zero-order valence-electron chi connectivity index (χ0n) is 21.6. The van der Waals surface area contributed by atoms with E-state index in [2.05, 4.69) is 43.2 Å². The number of benzene rings is 2. The molecule has 0 saturated heterocycles. The van der Waals surface area contributed by atoms with Crippen molar-refractivity contribution in [2.24, 2.45) is 21.1 Å². The summed E-state index contributed by atoms with van der Waals surface area (Å²) in [5.41, 5.74) is 5.54. The van der Waals surface area contributed by atoms with Gasteiger partial charge >= 0.3 is 0 Å².